The minimum Gasteiger partial charge on any atom is -0.503 e. The number of carbonyl (C=O) groups is 2. The molecule has 2 aliphatic rings. The molecule has 0 fully saturated rings. The number of nitrogens with zero attached hydrogens (tertiary/aromatic N) is 1. The van der Waals surface area contributed by atoms with Crippen molar-refractivity contribution < 1.29 is 28.9 Å². The van der Waals surface area contributed by atoms with Gasteiger partial charge in [0.25, 0.3) is 5.91 Å². The summed E-state index contributed by atoms with van der Waals surface area (Å²) in [7, 11) is 1.57. The normalized spacial score (nSPS) is 17.8. The number of Topliss-reactive ketones (excluding diaryl/α,β-unsaturated/α-hetero) is 1. The summed E-state index contributed by atoms with van der Waals surface area (Å²) in [5, 5.41) is 10.6. The Hall–Kier alpha value is -3.48. The van der Waals surface area contributed by atoms with Gasteiger partial charge in [0.1, 0.15) is 5.75 Å². The summed E-state index contributed by atoms with van der Waals surface area (Å²) in [6, 6.07) is 11.9. The standard InChI is InChI=1S/C23H23NO6/c1-13(2)21(25)19-20(15-5-7-16(28-3)8-6-15)24(23(27)22(19)26)11-14-4-9-17-18(10-14)30-12-29-17/h4-10,13,20,26H,11-12H2,1-3H3. The molecule has 2 aliphatic heterocycles. The third-order valence-corrected chi connectivity index (χ3v) is 5.31. The third-order valence-electron chi connectivity index (χ3n) is 5.31. The molecule has 30 heavy (non-hydrogen) atoms. The molecule has 0 aliphatic carbocycles. The molecular formula is C23H23NO6. The summed E-state index contributed by atoms with van der Waals surface area (Å²) >= 11 is 0. The Bertz CT molecular complexity index is 1020. The molecule has 2 heterocycles. The molecule has 2 aromatic carbocycles. The third kappa shape index (κ3) is 3.36. The van der Waals surface area contributed by atoms with Gasteiger partial charge in [0.05, 0.1) is 18.7 Å². The number of methoxy groups -OCH3 is 1. The molecule has 1 unspecified atom stereocenters. The van der Waals surface area contributed by atoms with E-state index in [-0.39, 0.29) is 30.6 Å². The van der Waals surface area contributed by atoms with Gasteiger partial charge < -0.3 is 24.2 Å². The molecule has 0 aromatic heterocycles. The lowest BCUT2D eigenvalue weighted by molar-refractivity contribution is -0.130. The van der Waals surface area contributed by atoms with Crippen LogP contribution in [0.25, 0.3) is 0 Å². The van der Waals surface area contributed by atoms with Gasteiger partial charge in [-0.25, -0.2) is 0 Å². The Morgan fingerprint density at radius 1 is 1.17 bits per heavy atom. The van der Waals surface area contributed by atoms with Crippen molar-refractivity contribution in [3.63, 3.8) is 0 Å². The zero-order chi connectivity index (χ0) is 21.4. The van der Waals surface area contributed by atoms with Crippen molar-refractivity contribution in [2.24, 2.45) is 5.92 Å². The van der Waals surface area contributed by atoms with Crippen LogP contribution in [0.2, 0.25) is 0 Å². The minimum atomic E-state index is -0.691. The fourth-order valence-electron chi connectivity index (χ4n) is 3.75. The van der Waals surface area contributed by atoms with Crippen LogP contribution < -0.4 is 14.2 Å². The van der Waals surface area contributed by atoms with Crippen molar-refractivity contribution in [3.8, 4) is 17.2 Å². The summed E-state index contributed by atoms with van der Waals surface area (Å²) in [5.41, 5.74) is 1.65. The van der Waals surface area contributed by atoms with Gasteiger partial charge in [-0.15, -0.1) is 0 Å². The molecule has 4 rings (SSSR count). The average Bonchev–Trinajstić information content (AvgIpc) is 3.31. The van der Waals surface area contributed by atoms with E-state index < -0.39 is 17.7 Å². The summed E-state index contributed by atoms with van der Waals surface area (Å²) < 4.78 is 16.0. The first kappa shape index (κ1) is 19.8. The van der Waals surface area contributed by atoms with E-state index in [0.29, 0.717) is 17.2 Å². The molecule has 0 saturated carbocycles. The maximum Gasteiger partial charge on any atom is 0.290 e. The Labute approximate surface area is 174 Å². The van der Waals surface area contributed by atoms with E-state index in [2.05, 4.69) is 0 Å². The van der Waals surface area contributed by atoms with Crippen LogP contribution in [-0.4, -0.2) is 35.6 Å². The number of carbonyl (C=O) groups excluding carboxylic acids is 2. The molecule has 0 bridgehead atoms. The van der Waals surface area contributed by atoms with Crippen LogP contribution >= 0.6 is 0 Å². The number of aliphatic hydroxyl groups is 1. The molecular weight excluding hydrogens is 386 g/mol. The van der Waals surface area contributed by atoms with Gasteiger partial charge in [0, 0.05) is 12.5 Å². The van der Waals surface area contributed by atoms with Crippen molar-refractivity contribution >= 4 is 11.7 Å². The van der Waals surface area contributed by atoms with Crippen molar-refractivity contribution in [1.29, 1.82) is 0 Å². The molecule has 156 valence electrons. The maximum absolute atomic E-state index is 13.0. The first-order valence-electron chi connectivity index (χ1n) is 9.71. The highest BCUT2D eigenvalue weighted by Gasteiger charge is 2.44. The van der Waals surface area contributed by atoms with Crippen LogP contribution in [0.5, 0.6) is 17.2 Å². The van der Waals surface area contributed by atoms with Gasteiger partial charge in [-0.2, -0.15) is 0 Å². The average molecular weight is 409 g/mol. The van der Waals surface area contributed by atoms with Crippen molar-refractivity contribution in [1.82, 2.24) is 4.90 Å². The number of aliphatic hydroxyl groups excluding tert-OH is 1. The highest BCUT2D eigenvalue weighted by atomic mass is 16.7. The predicted octanol–water partition coefficient (Wildman–Crippen LogP) is 3.54. The lowest BCUT2D eigenvalue weighted by Crippen LogP contribution is -2.31. The number of ketones is 1. The molecule has 0 saturated heterocycles. The number of amides is 1. The van der Waals surface area contributed by atoms with Gasteiger partial charge in [-0.1, -0.05) is 32.0 Å². The second-order valence-corrected chi connectivity index (χ2v) is 7.58. The molecule has 1 amide bonds. The van der Waals surface area contributed by atoms with E-state index >= 15 is 0 Å². The molecule has 0 radical (unpaired) electrons. The van der Waals surface area contributed by atoms with Gasteiger partial charge in [-0.05, 0) is 35.4 Å². The van der Waals surface area contributed by atoms with E-state index in [4.69, 9.17) is 14.2 Å². The molecule has 1 atom stereocenters. The molecule has 2 aromatic rings. The van der Waals surface area contributed by atoms with Crippen LogP contribution in [-0.2, 0) is 16.1 Å². The van der Waals surface area contributed by atoms with Crippen LogP contribution in [0, 0.1) is 5.92 Å². The van der Waals surface area contributed by atoms with Gasteiger partial charge >= 0.3 is 0 Å². The second-order valence-electron chi connectivity index (χ2n) is 7.58. The van der Waals surface area contributed by atoms with Crippen LogP contribution in [0.3, 0.4) is 0 Å². The predicted molar refractivity (Wildman–Crippen MR) is 108 cm³/mol. The molecule has 0 spiro atoms. The number of hydrogen-bond acceptors (Lipinski definition) is 6. The monoisotopic (exact) mass is 409 g/mol. The maximum atomic E-state index is 13.0. The fourth-order valence-corrected chi connectivity index (χ4v) is 3.75. The number of fused-ring (bicyclic) bond motifs is 1. The van der Waals surface area contributed by atoms with E-state index in [9.17, 15) is 14.7 Å². The smallest absolute Gasteiger partial charge is 0.290 e. The van der Waals surface area contributed by atoms with Crippen molar-refractivity contribution in [2.75, 3.05) is 13.9 Å². The van der Waals surface area contributed by atoms with E-state index in [1.807, 2.05) is 6.07 Å². The zero-order valence-corrected chi connectivity index (χ0v) is 17.0. The highest BCUT2D eigenvalue weighted by molar-refractivity contribution is 6.09. The van der Waals surface area contributed by atoms with E-state index in [0.717, 1.165) is 11.1 Å². The minimum absolute atomic E-state index is 0.126. The van der Waals surface area contributed by atoms with Crippen LogP contribution in [0.15, 0.2) is 53.8 Å². The van der Waals surface area contributed by atoms with Crippen molar-refractivity contribution in [3.05, 3.63) is 64.9 Å². The zero-order valence-electron chi connectivity index (χ0n) is 17.0. The van der Waals surface area contributed by atoms with Gasteiger partial charge in [0.2, 0.25) is 6.79 Å². The summed E-state index contributed by atoms with van der Waals surface area (Å²) in [6.07, 6.45) is 0. The second kappa shape index (κ2) is 7.74. The number of ether oxygens (including phenoxy) is 3. The Kier molecular flexibility index (Phi) is 5.11. The van der Waals surface area contributed by atoms with Crippen molar-refractivity contribution in [2.45, 2.75) is 26.4 Å². The number of rotatable bonds is 6. The van der Waals surface area contributed by atoms with E-state index in [1.54, 1.807) is 57.4 Å². The Morgan fingerprint density at radius 2 is 1.87 bits per heavy atom. The Balaban J connectivity index is 1.73. The van der Waals surface area contributed by atoms with Crippen LogP contribution in [0.4, 0.5) is 0 Å². The fraction of sp³-hybridized carbons (Fsp3) is 0.304. The molecule has 1 N–H and O–H groups in total. The Morgan fingerprint density at radius 3 is 2.53 bits per heavy atom. The van der Waals surface area contributed by atoms with Gasteiger partial charge in [-0.3, -0.25) is 9.59 Å². The molecule has 7 nitrogen and oxygen atoms in total. The first-order valence-corrected chi connectivity index (χ1v) is 9.71. The highest BCUT2D eigenvalue weighted by Crippen LogP contribution is 2.41. The lowest BCUT2D eigenvalue weighted by Gasteiger charge is -2.27. The topological polar surface area (TPSA) is 85.3 Å². The summed E-state index contributed by atoms with van der Waals surface area (Å²) in [5.74, 6) is 0.241. The van der Waals surface area contributed by atoms with E-state index in [1.165, 1.54) is 4.90 Å². The number of hydrogen-bond donors (Lipinski definition) is 1. The number of benzene rings is 2. The quantitative estimate of drug-likeness (QED) is 0.786. The van der Waals surface area contributed by atoms with Crippen LogP contribution in [0.1, 0.15) is 31.0 Å². The lowest BCUT2D eigenvalue weighted by atomic mass is 9.91. The largest absolute Gasteiger partial charge is 0.503 e. The summed E-state index contributed by atoms with van der Waals surface area (Å²) in [4.78, 5) is 27.4. The van der Waals surface area contributed by atoms with Gasteiger partial charge in [0.15, 0.2) is 23.0 Å². The SMILES string of the molecule is COc1ccc(C2C(C(=O)C(C)C)=C(O)C(=O)N2Cc2ccc3c(c2)OCO3)cc1. The molecule has 7 heteroatoms. The first-order chi connectivity index (χ1) is 14.4. The summed E-state index contributed by atoms with van der Waals surface area (Å²) in [6.45, 7) is 3.85.